The van der Waals surface area contributed by atoms with Crippen molar-refractivity contribution in [3.63, 3.8) is 0 Å². The van der Waals surface area contributed by atoms with Crippen LogP contribution in [0.2, 0.25) is 0 Å². The summed E-state index contributed by atoms with van der Waals surface area (Å²) in [6, 6.07) is 54.7. The van der Waals surface area contributed by atoms with Crippen molar-refractivity contribution < 1.29 is 4.42 Å². The van der Waals surface area contributed by atoms with Gasteiger partial charge in [0.15, 0.2) is 0 Å². The minimum atomic E-state index is -0.0191. The number of nitrogens with zero attached hydrogens (tertiary/aromatic N) is 2. The van der Waals surface area contributed by atoms with Crippen molar-refractivity contribution in [2.45, 2.75) is 78.6 Å². The second-order valence-electron chi connectivity index (χ2n) is 19.5. The Kier molecular flexibility index (Phi) is 7.99. The van der Waals surface area contributed by atoms with Crippen molar-refractivity contribution in [1.29, 1.82) is 0 Å². The highest BCUT2D eigenvalue weighted by Crippen LogP contribution is 2.46. The molecule has 0 unspecified atom stereocenters. The minimum absolute atomic E-state index is 0.00174. The first-order valence-electron chi connectivity index (χ1n) is 20.8. The first-order valence-corrected chi connectivity index (χ1v) is 20.8. The molecule has 0 radical (unpaired) electrons. The summed E-state index contributed by atoms with van der Waals surface area (Å²) in [6.45, 7) is 20.8. The van der Waals surface area contributed by atoms with Gasteiger partial charge in [0.2, 0.25) is 0 Å². The summed E-state index contributed by atoms with van der Waals surface area (Å²) in [6.07, 6.45) is 0. The van der Waals surface area contributed by atoms with Crippen LogP contribution in [0, 0.1) is 0 Å². The normalized spacial score (nSPS) is 13.8. The summed E-state index contributed by atoms with van der Waals surface area (Å²) in [5.74, 6) is 0. The Morgan fingerprint density at radius 1 is 0.397 bits per heavy atom. The molecule has 58 heavy (non-hydrogen) atoms. The lowest BCUT2D eigenvalue weighted by Gasteiger charge is -2.45. The molecule has 7 aromatic carbocycles. The van der Waals surface area contributed by atoms with Gasteiger partial charge in [0.05, 0.1) is 0 Å². The molecule has 3 heterocycles. The van der Waals surface area contributed by atoms with Crippen LogP contribution < -0.4 is 26.2 Å². The van der Waals surface area contributed by atoms with Crippen LogP contribution in [-0.4, -0.2) is 6.71 Å². The number of hydrogen-bond donors (Lipinski definition) is 0. The SMILES string of the molecule is CC(C)(C)c1ccc(N2c3cc(C(C)(C)C)ccc3B3c4ccc(C(C)(C)C)cc4N(c4cccc(-c5ccc6c(c5)oc5ccccc56)c4)c4cccc2c43)cc1. The number of hydrogen-bond acceptors (Lipinski definition) is 3. The fourth-order valence-corrected chi connectivity index (χ4v) is 9.26. The van der Waals surface area contributed by atoms with Gasteiger partial charge in [0.1, 0.15) is 11.2 Å². The molecule has 10 rings (SSSR count). The van der Waals surface area contributed by atoms with Gasteiger partial charge in [-0.3, -0.25) is 0 Å². The summed E-state index contributed by atoms with van der Waals surface area (Å²) in [7, 11) is 0. The second kappa shape index (κ2) is 12.8. The molecular weight excluding hydrogens is 703 g/mol. The maximum Gasteiger partial charge on any atom is 0.252 e. The summed E-state index contributed by atoms with van der Waals surface area (Å²) < 4.78 is 6.35. The summed E-state index contributed by atoms with van der Waals surface area (Å²) in [4.78, 5) is 5.05. The highest BCUT2D eigenvalue weighted by molar-refractivity contribution is 7.00. The first-order chi connectivity index (χ1) is 27.6. The zero-order valence-electron chi connectivity index (χ0n) is 35.2. The highest BCUT2D eigenvalue weighted by atomic mass is 16.3. The third kappa shape index (κ3) is 5.79. The van der Waals surface area contributed by atoms with Gasteiger partial charge in [-0.2, -0.15) is 0 Å². The predicted molar refractivity (Wildman–Crippen MR) is 249 cm³/mol. The van der Waals surface area contributed by atoms with Crippen LogP contribution >= 0.6 is 0 Å². The van der Waals surface area contributed by atoms with Crippen LogP contribution in [0.3, 0.4) is 0 Å². The van der Waals surface area contributed by atoms with E-state index in [9.17, 15) is 0 Å². The van der Waals surface area contributed by atoms with E-state index in [2.05, 4.69) is 206 Å². The molecule has 0 fully saturated rings. The van der Waals surface area contributed by atoms with E-state index in [0.717, 1.165) is 38.8 Å². The summed E-state index contributed by atoms with van der Waals surface area (Å²) in [5.41, 5.74) is 19.4. The van der Waals surface area contributed by atoms with Crippen molar-refractivity contribution in [2.24, 2.45) is 0 Å². The average molecular weight is 755 g/mol. The molecule has 0 amide bonds. The van der Waals surface area contributed by atoms with Gasteiger partial charge in [-0.1, -0.05) is 141 Å². The van der Waals surface area contributed by atoms with E-state index in [0.29, 0.717) is 0 Å². The molecule has 0 saturated heterocycles. The van der Waals surface area contributed by atoms with Crippen LogP contribution in [-0.2, 0) is 16.2 Å². The third-order valence-electron chi connectivity index (χ3n) is 12.5. The van der Waals surface area contributed by atoms with Crippen LogP contribution in [0.4, 0.5) is 34.1 Å². The van der Waals surface area contributed by atoms with E-state index in [-0.39, 0.29) is 23.0 Å². The zero-order chi connectivity index (χ0) is 40.3. The molecule has 1 aromatic heterocycles. The molecular formula is C54H51BN2O. The van der Waals surface area contributed by atoms with Crippen molar-refractivity contribution in [3.05, 3.63) is 162 Å². The number of para-hydroxylation sites is 1. The standard InChI is InChI=1S/C54H51BN2O/c1-52(2,3)36-21-25-39(26-22-36)56-45-17-13-18-46-51(45)55(43-28-23-37(32-47(43)56)53(4,5)6)44-29-24-38(54(7,8)9)33-48(44)57(46)40-15-12-14-34(30-40)35-20-27-42-41-16-10-11-19-49(41)58-50(42)31-35/h10-33H,1-9H3. The minimum Gasteiger partial charge on any atom is -0.456 e. The molecule has 8 aromatic rings. The van der Waals surface area contributed by atoms with Gasteiger partial charge in [-0.25, -0.2) is 0 Å². The monoisotopic (exact) mass is 754 g/mol. The van der Waals surface area contributed by atoms with Crippen molar-refractivity contribution in [1.82, 2.24) is 0 Å². The lowest BCUT2D eigenvalue weighted by atomic mass is 9.33. The number of rotatable bonds is 3. The molecule has 2 aliphatic heterocycles. The Bertz CT molecular complexity index is 2920. The maximum absolute atomic E-state index is 6.35. The highest BCUT2D eigenvalue weighted by Gasteiger charge is 2.44. The molecule has 286 valence electrons. The number of benzene rings is 7. The molecule has 0 saturated carbocycles. The lowest BCUT2D eigenvalue weighted by Crippen LogP contribution is -2.61. The van der Waals surface area contributed by atoms with E-state index in [4.69, 9.17) is 4.42 Å². The molecule has 3 nitrogen and oxygen atoms in total. The molecule has 2 aliphatic rings. The third-order valence-corrected chi connectivity index (χ3v) is 12.5. The number of anilines is 6. The van der Waals surface area contributed by atoms with Gasteiger partial charge < -0.3 is 14.2 Å². The molecule has 0 N–H and O–H groups in total. The maximum atomic E-state index is 6.35. The predicted octanol–water partition coefficient (Wildman–Crippen LogP) is 13.2. The molecule has 0 atom stereocenters. The van der Waals surface area contributed by atoms with Gasteiger partial charge in [-0.05, 0) is 127 Å². The van der Waals surface area contributed by atoms with E-state index < -0.39 is 0 Å². The number of fused-ring (bicyclic) bond motifs is 7. The lowest BCUT2D eigenvalue weighted by molar-refractivity contribution is 0.590. The fraction of sp³-hybridized carbons (Fsp3) is 0.222. The second-order valence-corrected chi connectivity index (χ2v) is 19.5. The Morgan fingerprint density at radius 2 is 0.931 bits per heavy atom. The van der Waals surface area contributed by atoms with Gasteiger partial charge in [0, 0.05) is 44.9 Å². The van der Waals surface area contributed by atoms with E-state index in [1.54, 1.807) is 0 Å². The molecule has 0 aliphatic carbocycles. The number of furan rings is 1. The molecule has 0 bridgehead atoms. The summed E-state index contributed by atoms with van der Waals surface area (Å²) >= 11 is 0. The van der Waals surface area contributed by atoms with E-state index in [1.165, 1.54) is 61.5 Å². The van der Waals surface area contributed by atoms with Gasteiger partial charge in [-0.15, -0.1) is 0 Å². The van der Waals surface area contributed by atoms with E-state index >= 15 is 0 Å². The average Bonchev–Trinajstić information content (AvgIpc) is 3.57. The van der Waals surface area contributed by atoms with Crippen molar-refractivity contribution in [2.75, 3.05) is 9.80 Å². The van der Waals surface area contributed by atoms with Gasteiger partial charge >= 0.3 is 0 Å². The molecule has 4 heteroatoms. The Labute approximate surface area is 344 Å². The molecule has 0 spiro atoms. The fourth-order valence-electron chi connectivity index (χ4n) is 9.26. The van der Waals surface area contributed by atoms with Crippen LogP contribution in [0.25, 0.3) is 33.1 Å². The van der Waals surface area contributed by atoms with Crippen molar-refractivity contribution >= 4 is 79.2 Å². The Morgan fingerprint density at radius 3 is 1.55 bits per heavy atom. The largest absolute Gasteiger partial charge is 0.456 e. The smallest absolute Gasteiger partial charge is 0.252 e. The summed E-state index contributed by atoms with van der Waals surface area (Å²) in [5, 5.41) is 2.29. The van der Waals surface area contributed by atoms with Crippen LogP contribution in [0.1, 0.15) is 79.0 Å². The Balaban J connectivity index is 1.20. The van der Waals surface area contributed by atoms with E-state index in [1.807, 2.05) is 12.1 Å². The Hall–Kier alpha value is -6.00. The van der Waals surface area contributed by atoms with Crippen molar-refractivity contribution in [3.8, 4) is 11.1 Å². The van der Waals surface area contributed by atoms with Crippen LogP contribution in [0.15, 0.2) is 150 Å². The first kappa shape index (κ1) is 36.4. The van der Waals surface area contributed by atoms with Gasteiger partial charge in [0.25, 0.3) is 6.71 Å². The quantitative estimate of drug-likeness (QED) is 0.168. The van der Waals surface area contributed by atoms with Crippen LogP contribution in [0.5, 0.6) is 0 Å². The topological polar surface area (TPSA) is 19.6 Å². The zero-order valence-corrected chi connectivity index (χ0v) is 35.2.